The first kappa shape index (κ1) is 16.3. The molecule has 0 aliphatic rings. The number of aromatic nitrogens is 1. The van der Waals surface area contributed by atoms with Gasteiger partial charge in [0.05, 0.1) is 10.6 Å². The van der Waals surface area contributed by atoms with Gasteiger partial charge in [-0.1, -0.05) is 43.0 Å². The van der Waals surface area contributed by atoms with Crippen molar-refractivity contribution in [2.24, 2.45) is 0 Å². The zero-order valence-electron chi connectivity index (χ0n) is 11.6. The average Bonchev–Trinajstić information content (AvgIpc) is 2.36. The Morgan fingerprint density at radius 3 is 2.63 bits per heavy atom. The number of carbonyl (C=O) groups is 1. The van der Waals surface area contributed by atoms with Crippen LogP contribution in [0.1, 0.15) is 50.4 Å². The Kier molecular flexibility index (Phi) is 6.59. The minimum atomic E-state index is -0.0830. The predicted molar refractivity (Wildman–Crippen MR) is 80.0 cm³/mol. The van der Waals surface area contributed by atoms with E-state index in [-0.39, 0.29) is 17.1 Å². The minimum absolute atomic E-state index is 0.0830. The van der Waals surface area contributed by atoms with Crippen molar-refractivity contribution in [1.29, 1.82) is 0 Å². The van der Waals surface area contributed by atoms with Gasteiger partial charge in [-0.25, -0.2) is 4.98 Å². The van der Waals surface area contributed by atoms with E-state index in [4.69, 9.17) is 23.2 Å². The molecule has 0 spiro atoms. The fourth-order valence-corrected chi connectivity index (χ4v) is 2.20. The Labute approximate surface area is 124 Å². The van der Waals surface area contributed by atoms with Gasteiger partial charge >= 0.3 is 0 Å². The molecular weight excluding hydrogens is 283 g/mol. The quantitative estimate of drug-likeness (QED) is 0.575. The molecule has 1 aromatic rings. The Hall–Kier alpha value is -0.800. The van der Waals surface area contributed by atoms with E-state index in [0.717, 1.165) is 25.8 Å². The van der Waals surface area contributed by atoms with Crippen LogP contribution in [-0.4, -0.2) is 28.4 Å². The predicted octanol–water partition coefficient (Wildman–Crippen LogP) is 4.43. The molecule has 0 saturated carbocycles. The van der Waals surface area contributed by atoms with Gasteiger partial charge in [0, 0.05) is 18.8 Å². The maximum Gasteiger partial charge on any atom is 0.255 e. The highest BCUT2D eigenvalue weighted by atomic mass is 35.5. The summed E-state index contributed by atoms with van der Waals surface area (Å²) in [5.74, 6) is -0.0830. The maximum absolute atomic E-state index is 12.5. The summed E-state index contributed by atoms with van der Waals surface area (Å²) in [6, 6.07) is 1.66. The number of rotatable bonds is 6. The van der Waals surface area contributed by atoms with Gasteiger partial charge in [-0.15, -0.1) is 0 Å². The van der Waals surface area contributed by atoms with Gasteiger partial charge in [-0.2, -0.15) is 0 Å². The van der Waals surface area contributed by atoms with Crippen LogP contribution in [0.3, 0.4) is 0 Å². The van der Waals surface area contributed by atoms with Crippen molar-refractivity contribution in [1.82, 2.24) is 9.88 Å². The number of unbranched alkanes of at least 4 members (excludes halogenated alkanes) is 2. The van der Waals surface area contributed by atoms with E-state index in [2.05, 4.69) is 11.9 Å². The molecule has 0 atom stereocenters. The van der Waals surface area contributed by atoms with Gasteiger partial charge in [-0.05, 0) is 26.3 Å². The summed E-state index contributed by atoms with van der Waals surface area (Å²) in [4.78, 5) is 18.2. The highest BCUT2D eigenvalue weighted by Crippen LogP contribution is 2.21. The minimum Gasteiger partial charge on any atom is -0.336 e. The molecule has 1 rings (SSSR count). The van der Waals surface area contributed by atoms with Gasteiger partial charge in [-0.3, -0.25) is 4.79 Å². The lowest BCUT2D eigenvalue weighted by atomic mass is 10.1. The van der Waals surface area contributed by atoms with Gasteiger partial charge in [0.25, 0.3) is 5.91 Å². The highest BCUT2D eigenvalue weighted by Gasteiger charge is 2.21. The fourth-order valence-electron chi connectivity index (χ4n) is 1.86. The molecule has 1 heterocycles. The first-order chi connectivity index (χ1) is 8.97. The summed E-state index contributed by atoms with van der Waals surface area (Å²) >= 11 is 11.9. The summed E-state index contributed by atoms with van der Waals surface area (Å²) in [6.07, 6.45) is 4.65. The Balaban J connectivity index is 2.89. The zero-order valence-corrected chi connectivity index (χ0v) is 13.1. The van der Waals surface area contributed by atoms with E-state index in [0.29, 0.717) is 10.6 Å². The second kappa shape index (κ2) is 7.71. The van der Waals surface area contributed by atoms with Gasteiger partial charge in [0.1, 0.15) is 5.15 Å². The van der Waals surface area contributed by atoms with Crippen LogP contribution in [-0.2, 0) is 0 Å². The third-order valence-corrected chi connectivity index (χ3v) is 3.45. The molecule has 3 nitrogen and oxygen atoms in total. The van der Waals surface area contributed by atoms with Crippen LogP contribution in [0.4, 0.5) is 0 Å². The van der Waals surface area contributed by atoms with Crippen molar-refractivity contribution >= 4 is 29.1 Å². The number of halogens is 2. The van der Waals surface area contributed by atoms with Crippen LogP contribution in [0.2, 0.25) is 10.2 Å². The average molecular weight is 303 g/mol. The molecule has 106 valence electrons. The standard InChI is InChI=1S/C14H20Cl2N2O/c1-4-5-6-7-18(10(2)3)14(19)11-8-13(16)17-9-12(11)15/h8-10H,4-7H2,1-3H3. The van der Waals surface area contributed by atoms with Crippen LogP contribution < -0.4 is 0 Å². The molecule has 19 heavy (non-hydrogen) atoms. The van der Waals surface area contributed by atoms with Gasteiger partial charge in [0.15, 0.2) is 0 Å². The van der Waals surface area contributed by atoms with E-state index in [1.165, 1.54) is 12.3 Å². The van der Waals surface area contributed by atoms with E-state index in [9.17, 15) is 4.79 Å². The lowest BCUT2D eigenvalue weighted by Crippen LogP contribution is -2.37. The zero-order chi connectivity index (χ0) is 14.4. The molecule has 0 radical (unpaired) electrons. The van der Waals surface area contributed by atoms with Crippen LogP contribution in [0.5, 0.6) is 0 Å². The van der Waals surface area contributed by atoms with Gasteiger partial charge < -0.3 is 4.90 Å². The summed E-state index contributed by atoms with van der Waals surface area (Å²) in [5.41, 5.74) is 0.423. The number of carbonyl (C=O) groups excluding carboxylic acids is 1. The molecule has 0 unspecified atom stereocenters. The maximum atomic E-state index is 12.5. The van der Waals surface area contributed by atoms with E-state index in [1.807, 2.05) is 18.7 Å². The molecule has 0 aliphatic heterocycles. The first-order valence-corrected chi connectivity index (χ1v) is 7.35. The van der Waals surface area contributed by atoms with E-state index >= 15 is 0 Å². The largest absolute Gasteiger partial charge is 0.336 e. The van der Waals surface area contributed by atoms with Crippen molar-refractivity contribution in [3.05, 3.63) is 28.0 Å². The Morgan fingerprint density at radius 1 is 1.37 bits per heavy atom. The third kappa shape index (κ3) is 4.66. The number of nitrogens with zero attached hydrogens (tertiary/aromatic N) is 2. The van der Waals surface area contributed by atoms with E-state index in [1.54, 1.807) is 0 Å². The molecule has 0 fully saturated rings. The number of hydrogen-bond acceptors (Lipinski definition) is 2. The Bertz CT molecular complexity index is 435. The summed E-state index contributed by atoms with van der Waals surface area (Å²) in [5, 5.41) is 0.626. The van der Waals surface area contributed by atoms with Gasteiger partial charge in [0.2, 0.25) is 0 Å². The monoisotopic (exact) mass is 302 g/mol. The molecule has 0 aromatic carbocycles. The van der Waals surface area contributed by atoms with Crippen molar-refractivity contribution in [3.8, 4) is 0 Å². The normalized spacial score (nSPS) is 10.8. The lowest BCUT2D eigenvalue weighted by molar-refractivity contribution is 0.0702. The second-order valence-corrected chi connectivity index (χ2v) is 5.58. The van der Waals surface area contributed by atoms with Crippen molar-refractivity contribution in [2.45, 2.75) is 46.1 Å². The number of pyridine rings is 1. The molecule has 0 saturated heterocycles. The van der Waals surface area contributed by atoms with Crippen molar-refractivity contribution in [2.75, 3.05) is 6.54 Å². The molecule has 0 bridgehead atoms. The van der Waals surface area contributed by atoms with Crippen molar-refractivity contribution in [3.63, 3.8) is 0 Å². The second-order valence-electron chi connectivity index (χ2n) is 4.79. The van der Waals surface area contributed by atoms with Crippen molar-refractivity contribution < 1.29 is 4.79 Å². The number of hydrogen-bond donors (Lipinski definition) is 0. The smallest absolute Gasteiger partial charge is 0.255 e. The van der Waals surface area contributed by atoms with Crippen LogP contribution >= 0.6 is 23.2 Å². The molecular formula is C14H20Cl2N2O. The SMILES string of the molecule is CCCCCN(C(=O)c1cc(Cl)ncc1Cl)C(C)C. The van der Waals surface area contributed by atoms with Crippen LogP contribution in [0.15, 0.2) is 12.3 Å². The van der Waals surface area contributed by atoms with Crippen LogP contribution in [0.25, 0.3) is 0 Å². The van der Waals surface area contributed by atoms with E-state index < -0.39 is 0 Å². The molecule has 0 aliphatic carbocycles. The Morgan fingerprint density at radius 2 is 2.05 bits per heavy atom. The molecule has 1 amide bonds. The first-order valence-electron chi connectivity index (χ1n) is 6.59. The summed E-state index contributed by atoms with van der Waals surface area (Å²) in [7, 11) is 0. The number of amides is 1. The lowest BCUT2D eigenvalue weighted by Gasteiger charge is -2.27. The summed E-state index contributed by atoms with van der Waals surface area (Å²) in [6.45, 7) is 6.88. The highest BCUT2D eigenvalue weighted by molar-refractivity contribution is 6.35. The fraction of sp³-hybridized carbons (Fsp3) is 0.571. The third-order valence-electron chi connectivity index (χ3n) is 2.94. The molecule has 0 N–H and O–H groups in total. The molecule has 1 aromatic heterocycles. The molecule has 5 heteroatoms. The summed E-state index contributed by atoms with van der Waals surface area (Å²) < 4.78 is 0. The topological polar surface area (TPSA) is 33.2 Å². The van der Waals surface area contributed by atoms with Crippen LogP contribution in [0, 0.1) is 0 Å².